The predicted molar refractivity (Wildman–Crippen MR) is 38.5 cm³/mol. The maximum atomic E-state index is 11.0. The largest absolute Gasteiger partial charge is 0.352 e. The number of ketones is 1. The zero-order valence-corrected chi connectivity index (χ0v) is 6.60. The number of hydrogen-bond acceptors (Lipinski definition) is 2. The van der Waals surface area contributed by atoms with Crippen LogP contribution in [0.1, 0.15) is 20.8 Å². The van der Waals surface area contributed by atoms with Gasteiger partial charge in [0, 0.05) is 5.41 Å². The summed E-state index contributed by atoms with van der Waals surface area (Å²) in [7, 11) is 0. The zero-order valence-electron chi connectivity index (χ0n) is 6.60. The van der Waals surface area contributed by atoms with Gasteiger partial charge in [0.05, 0.1) is 6.54 Å². The Morgan fingerprint density at radius 3 is 2.30 bits per heavy atom. The van der Waals surface area contributed by atoms with Gasteiger partial charge in [-0.25, -0.2) is 0 Å². The van der Waals surface area contributed by atoms with Crippen LogP contribution in [0.5, 0.6) is 0 Å². The molecule has 1 amide bonds. The quantitative estimate of drug-likeness (QED) is 0.579. The molecule has 0 aromatic carbocycles. The van der Waals surface area contributed by atoms with Gasteiger partial charge in [0.2, 0.25) is 6.41 Å². The summed E-state index contributed by atoms with van der Waals surface area (Å²) in [6.07, 6.45) is 0.531. The fraction of sp³-hybridized carbons (Fsp3) is 0.714. The van der Waals surface area contributed by atoms with E-state index in [1.54, 1.807) is 0 Å². The molecule has 0 aliphatic rings. The monoisotopic (exact) mass is 143 g/mol. The highest BCUT2D eigenvalue weighted by Gasteiger charge is 2.19. The minimum absolute atomic E-state index is 0.0413. The van der Waals surface area contributed by atoms with Gasteiger partial charge in [0.1, 0.15) is 0 Å². The lowest BCUT2D eigenvalue weighted by Crippen LogP contribution is -2.31. The smallest absolute Gasteiger partial charge is 0.207 e. The van der Waals surface area contributed by atoms with Crippen molar-refractivity contribution in [1.82, 2.24) is 5.32 Å². The Balaban J connectivity index is 3.74. The van der Waals surface area contributed by atoms with Crippen LogP contribution < -0.4 is 5.32 Å². The molecule has 58 valence electrons. The number of Topliss-reactive ketones (excluding diaryl/α,β-unsaturated/α-hetero) is 1. The Morgan fingerprint density at radius 2 is 2.00 bits per heavy atom. The van der Waals surface area contributed by atoms with Gasteiger partial charge < -0.3 is 5.32 Å². The van der Waals surface area contributed by atoms with Crippen LogP contribution in [-0.2, 0) is 9.59 Å². The summed E-state index contributed by atoms with van der Waals surface area (Å²) in [5.74, 6) is 0.0413. The van der Waals surface area contributed by atoms with Crippen LogP contribution in [0.3, 0.4) is 0 Å². The Morgan fingerprint density at radius 1 is 1.50 bits per heavy atom. The summed E-state index contributed by atoms with van der Waals surface area (Å²) in [5, 5.41) is 2.32. The molecule has 0 aliphatic heterocycles. The summed E-state index contributed by atoms with van der Waals surface area (Å²) in [6.45, 7) is 5.60. The van der Waals surface area contributed by atoms with Crippen molar-refractivity contribution in [2.75, 3.05) is 6.54 Å². The van der Waals surface area contributed by atoms with E-state index in [-0.39, 0.29) is 17.7 Å². The Hall–Kier alpha value is -0.860. The fourth-order valence-corrected chi connectivity index (χ4v) is 0.400. The number of hydrogen-bond donors (Lipinski definition) is 1. The number of nitrogens with one attached hydrogen (secondary N) is 1. The highest BCUT2D eigenvalue weighted by Crippen LogP contribution is 2.12. The van der Waals surface area contributed by atoms with Crippen LogP contribution in [0.25, 0.3) is 0 Å². The van der Waals surface area contributed by atoms with Crippen LogP contribution >= 0.6 is 0 Å². The van der Waals surface area contributed by atoms with Crippen molar-refractivity contribution in [2.45, 2.75) is 20.8 Å². The lowest BCUT2D eigenvalue weighted by atomic mass is 9.91. The maximum absolute atomic E-state index is 11.0. The van der Waals surface area contributed by atoms with Crippen LogP contribution in [0.4, 0.5) is 0 Å². The molecule has 0 bridgehead atoms. The topological polar surface area (TPSA) is 46.2 Å². The molecule has 1 N–H and O–H groups in total. The molecule has 0 aromatic rings. The Labute approximate surface area is 60.8 Å². The minimum Gasteiger partial charge on any atom is -0.352 e. The van der Waals surface area contributed by atoms with E-state index in [0.29, 0.717) is 6.41 Å². The first-order valence-electron chi connectivity index (χ1n) is 3.19. The normalized spacial score (nSPS) is 10.7. The van der Waals surface area contributed by atoms with Gasteiger partial charge in [-0.3, -0.25) is 9.59 Å². The van der Waals surface area contributed by atoms with Crippen LogP contribution in [0, 0.1) is 5.41 Å². The standard InChI is InChI=1S/C7H13NO2/c1-7(2,3)6(10)4-8-5-9/h5H,4H2,1-3H3,(H,8,9). The van der Waals surface area contributed by atoms with Gasteiger partial charge in [-0.2, -0.15) is 0 Å². The fourth-order valence-electron chi connectivity index (χ4n) is 0.400. The average Bonchev–Trinajstić information content (AvgIpc) is 1.80. The van der Waals surface area contributed by atoms with Gasteiger partial charge in [-0.1, -0.05) is 20.8 Å². The maximum Gasteiger partial charge on any atom is 0.207 e. The van der Waals surface area contributed by atoms with Crippen molar-refractivity contribution in [2.24, 2.45) is 5.41 Å². The molecule has 0 saturated carbocycles. The van der Waals surface area contributed by atoms with E-state index in [1.807, 2.05) is 20.8 Å². The third kappa shape index (κ3) is 3.22. The first-order valence-corrected chi connectivity index (χ1v) is 3.19. The van der Waals surface area contributed by atoms with E-state index >= 15 is 0 Å². The summed E-state index contributed by atoms with van der Waals surface area (Å²) < 4.78 is 0. The van der Waals surface area contributed by atoms with E-state index in [0.717, 1.165) is 0 Å². The van der Waals surface area contributed by atoms with Gasteiger partial charge in [0.15, 0.2) is 5.78 Å². The van der Waals surface area contributed by atoms with Crippen molar-refractivity contribution < 1.29 is 9.59 Å². The minimum atomic E-state index is -0.351. The molecule has 0 heterocycles. The first-order chi connectivity index (χ1) is 4.48. The molecule has 0 spiro atoms. The van der Waals surface area contributed by atoms with E-state index in [1.165, 1.54) is 0 Å². The van der Waals surface area contributed by atoms with Gasteiger partial charge in [-0.15, -0.1) is 0 Å². The summed E-state index contributed by atoms with van der Waals surface area (Å²) in [5.41, 5.74) is -0.351. The molecular weight excluding hydrogens is 130 g/mol. The molecule has 0 aromatic heterocycles. The number of amides is 1. The molecular formula is C7H13NO2. The average molecular weight is 143 g/mol. The zero-order chi connectivity index (χ0) is 8.20. The Bertz CT molecular complexity index is 135. The summed E-state index contributed by atoms with van der Waals surface area (Å²) in [4.78, 5) is 20.8. The highest BCUT2D eigenvalue weighted by molar-refractivity contribution is 5.86. The molecule has 3 nitrogen and oxygen atoms in total. The second-order valence-electron chi connectivity index (χ2n) is 3.17. The van der Waals surface area contributed by atoms with E-state index in [4.69, 9.17) is 0 Å². The van der Waals surface area contributed by atoms with Crippen LogP contribution in [0.15, 0.2) is 0 Å². The molecule has 0 unspecified atom stereocenters. The third-order valence-electron chi connectivity index (χ3n) is 1.18. The lowest BCUT2D eigenvalue weighted by molar-refractivity contribution is -0.126. The third-order valence-corrected chi connectivity index (χ3v) is 1.18. The van der Waals surface area contributed by atoms with Gasteiger partial charge in [0.25, 0.3) is 0 Å². The van der Waals surface area contributed by atoms with Crippen molar-refractivity contribution in [3.05, 3.63) is 0 Å². The molecule has 10 heavy (non-hydrogen) atoms. The van der Waals surface area contributed by atoms with E-state index in [9.17, 15) is 9.59 Å². The molecule has 0 saturated heterocycles. The van der Waals surface area contributed by atoms with Crippen molar-refractivity contribution in [3.63, 3.8) is 0 Å². The molecule has 3 heteroatoms. The van der Waals surface area contributed by atoms with Crippen LogP contribution in [0.2, 0.25) is 0 Å². The molecule has 0 atom stereocenters. The van der Waals surface area contributed by atoms with E-state index < -0.39 is 0 Å². The van der Waals surface area contributed by atoms with Crippen molar-refractivity contribution in [3.8, 4) is 0 Å². The molecule has 0 fully saturated rings. The molecule has 0 rings (SSSR count). The number of carbonyl (C=O) groups excluding carboxylic acids is 2. The predicted octanol–water partition coefficient (Wildman–Crippen LogP) is 0.348. The SMILES string of the molecule is CC(C)(C)C(=O)CNC=O. The summed E-state index contributed by atoms with van der Waals surface area (Å²) >= 11 is 0. The van der Waals surface area contributed by atoms with E-state index in [2.05, 4.69) is 5.32 Å². The van der Waals surface area contributed by atoms with Gasteiger partial charge >= 0.3 is 0 Å². The first kappa shape index (κ1) is 9.14. The summed E-state index contributed by atoms with van der Waals surface area (Å²) in [6, 6.07) is 0. The second-order valence-corrected chi connectivity index (χ2v) is 3.17. The highest BCUT2D eigenvalue weighted by atomic mass is 16.1. The van der Waals surface area contributed by atoms with Crippen molar-refractivity contribution in [1.29, 1.82) is 0 Å². The lowest BCUT2D eigenvalue weighted by Gasteiger charge is -2.15. The number of carbonyl (C=O) groups is 2. The van der Waals surface area contributed by atoms with Crippen molar-refractivity contribution >= 4 is 12.2 Å². The molecule has 0 aliphatic carbocycles. The van der Waals surface area contributed by atoms with Gasteiger partial charge in [-0.05, 0) is 0 Å². The molecule has 0 radical (unpaired) electrons. The Kier molecular flexibility index (Phi) is 3.06. The number of rotatable bonds is 3. The van der Waals surface area contributed by atoms with Crippen LogP contribution in [-0.4, -0.2) is 18.7 Å². The second kappa shape index (κ2) is 3.34.